The van der Waals surface area contributed by atoms with Gasteiger partial charge in [-0.3, -0.25) is 9.36 Å². The van der Waals surface area contributed by atoms with Gasteiger partial charge in [0.1, 0.15) is 0 Å². The zero-order valence-electron chi connectivity index (χ0n) is 8.13. The van der Waals surface area contributed by atoms with Crippen LogP contribution in [0.1, 0.15) is 12.0 Å². The molecule has 1 rings (SSSR count). The van der Waals surface area contributed by atoms with Gasteiger partial charge in [-0.25, -0.2) is 0 Å². The molecule has 0 saturated heterocycles. The van der Waals surface area contributed by atoms with E-state index >= 15 is 0 Å². The van der Waals surface area contributed by atoms with Crippen molar-refractivity contribution in [1.82, 2.24) is 0 Å². The fourth-order valence-corrected chi connectivity index (χ4v) is 2.29. The number of halogens is 1. The van der Waals surface area contributed by atoms with Crippen LogP contribution in [0.3, 0.4) is 0 Å². The lowest BCUT2D eigenvalue weighted by Crippen LogP contribution is -2.12. The standard InChI is InChI=1S/C9H10ClO5P/c10-7-2-3-8(16(13,14)15)6(5-7)1-4-9(11)12/h2-3,5H,1,4H2,(H,11,12)(H2,13,14,15). The molecule has 0 fully saturated rings. The van der Waals surface area contributed by atoms with E-state index < -0.39 is 13.6 Å². The third-order valence-corrected chi connectivity index (χ3v) is 3.26. The second-order valence-corrected chi connectivity index (χ2v) is 5.22. The maximum Gasteiger partial charge on any atom is 0.356 e. The number of hydrogen-bond acceptors (Lipinski definition) is 2. The van der Waals surface area contributed by atoms with E-state index in [2.05, 4.69) is 0 Å². The molecule has 1 aromatic rings. The van der Waals surface area contributed by atoms with Crippen molar-refractivity contribution >= 4 is 30.5 Å². The molecule has 0 heterocycles. The number of aliphatic carboxylic acids is 1. The quantitative estimate of drug-likeness (QED) is 0.710. The van der Waals surface area contributed by atoms with Gasteiger partial charge in [-0.15, -0.1) is 0 Å². The minimum atomic E-state index is -4.39. The number of carbonyl (C=O) groups is 1. The summed E-state index contributed by atoms with van der Waals surface area (Å²) in [6.45, 7) is 0. The Labute approximate surface area is 96.8 Å². The van der Waals surface area contributed by atoms with Crippen LogP contribution in [-0.4, -0.2) is 20.9 Å². The van der Waals surface area contributed by atoms with Crippen molar-refractivity contribution < 1.29 is 24.3 Å². The van der Waals surface area contributed by atoms with Crippen LogP contribution in [0.2, 0.25) is 5.02 Å². The number of carboxylic acids is 1. The van der Waals surface area contributed by atoms with Gasteiger partial charge in [0, 0.05) is 11.4 Å². The molecule has 0 aliphatic heterocycles. The van der Waals surface area contributed by atoms with Crippen molar-refractivity contribution in [2.75, 3.05) is 0 Å². The summed E-state index contributed by atoms with van der Waals surface area (Å²) >= 11 is 5.68. The predicted octanol–water partition coefficient (Wildman–Crippen LogP) is 1.16. The molecule has 3 N–H and O–H groups in total. The Morgan fingerprint density at radius 1 is 1.38 bits per heavy atom. The molecule has 16 heavy (non-hydrogen) atoms. The van der Waals surface area contributed by atoms with Crippen LogP contribution < -0.4 is 5.30 Å². The molecule has 1 aromatic carbocycles. The molecule has 0 radical (unpaired) electrons. The number of hydrogen-bond donors (Lipinski definition) is 3. The number of benzene rings is 1. The van der Waals surface area contributed by atoms with Crippen LogP contribution in [0.4, 0.5) is 0 Å². The molecule has 0 amide bonds. The molecule has 0 saturated carbocycles. The zero-order valence-corrected chi connectivity index (χ0v) is 9.78. The van der Waals surface area contributed by atoms with E-state index in [4.69, 9.17) is 26.5 Å². The average Bonchev–Trinajstić information content (AvgIpc) is 2.12. The Kier molecular flexibility index (Phi) is 4.10. The third-order valence-electron chi connectivity index (χ3n) is 1.96. The fourth-order valence-electron chi connectivity index (χ4n) is 1.28. The molecule has 0 spiro atoms. The maximum absolute atomic E-state index is 11.1. The molecule has 0 aliphatic carbocycles. The van der Waals surface area contributed by atoms with E-state index in [0.29, 0.717) is 5.02 Å². The lowest BCUT2D eigenvalue weighted by Gasteiger charge is -2.10. The minimum absolute atomic E-state index is 0.0380. The molecule has 0 aliphatic rings. The summed E-state index contributed by atoms with van der Waals surface area (Å²) in [5.74, 6) is -1.03. The summed E-state index contributed by atoms with van der Waals surface area (Å²) < 4.78 is 11.1. The first-order chi connectivity index (χ1) is 7.30. The Hall–Kier alpha value is -0.870. The highest BCUT2D eigenvalue weighted by atomic mass is 35.5. The van der Waals surface area contributed by atoms with Crippen LogP contribution in [0, 0.1) is 0 Å². The van der Waals surface area contributed by atoms with Crippen LogP contribution >= 0.6 is 19.2 Å². The lowest BCUT2D eigenvalue weighted by molar-refractivity contribution is -0.136. The van der Waals surface area contributed by atoms with E-state index in [9.17, 15) is 9.36 Å². The largest absolute Gasteiger partial charge is 0.481 e. The zero-order chi connectivity index (χ0) is 12.3. The number of rotatable bonds is 4. The summed E-state index contributed by atoms with van der Waals surface area (Å²) in [4.78, 5) is 28.5. The highest BCUT2D eigenvalue weighted by molar-refractivity contribution is 7.60. The first-order valence-corrected chi connectivity index (χ1v) is 6.36. The van der Waals surface area contributed by atoms with Gasteiger partial charge in [0.05, 0.1) is 5.30 Å². The van der Waals surface area contributed by atoms with E-state index in [0.717, 1.165) is 0 Å². The van der Waals surface area contributed by atoms with E-state index in [-0.39, 0.29) is 23.7 Å². The summed E-state index contributed by atoms with van der Waals surface area (Å²) in [7, 11) is -4.39. The summed E-state index contributed by atoms with van der Waals surface area (Å²) in [6.07, 6.45) is -0.163. The number of aryl methyl sites for hydroxylation is 1. The van der Waals surface area contributed by atoms with Gasteiger partial charge in [-0.2, -0.15) is 0 Å². The van der Waals surface area contributed by atoms with Crippen LogP contribution in [-0.2, 0) is 15.8 Å². The van der Waals surface area contributed by atoms with Gasteiger partial charge in [0.2, 0.25) is 0 Å². The van der Waals surface area contributed by atoms with Gasteiger partial charge >= 0.3 is 13.6 Å². The van der Waals surface area contributed by atoms with Gasteiger partial charge in [-0.05, 0) is 30.2 Å². The molecule has 5 nitrogen and oxygen atoms in total. The van der Waals surface area contributed by atoms with Crippen molar-refractivity contribution in [1.29, 1.82) is 0 Å². The number of carboxylic acid groups (broad SMARTS) is 1. The topological polar surface area (TPSA) is 94.8 Å². The van der Waals surface area contributed by atoms with Crippen molar-refractivity contribution in [2.45, 2.75) is 12.8 Å². The van der Waals surface area contributed by atoms with Crippen LogP contribution in [0.25, 0.3) is 0 Å². The molecule has 0 bridgehead atoms. The molecule has 0 aromatic heterocycles. The molecule has 7 heteroatoms. The van der Waals surface area contributed by atoms with E-state index in [1.54, 1.807) is 0 Å². The van der Waals surface area contributed by atoms with Gasteiger partial charge in [0.25, 0.3) is 0 Å². The molecule has 0 atom stereocenters. The Morgan fingerprint density at radius 3 is 2.50 bits per heavy atom. The SMILES string of the molecule is O=C(O)CCc1cc(Cl)ccc1P(=O)(O)O. The van der Waals surface area contributed by atoms with Gasteiger partial charge in [0.15, 0.2) is 0 Å². The van der Waals surface area contributed by atoms with Crippen molar-refractivity contribution in [3.63, 3.8) is 0 Å². The van der Waals surface area contributed by atoms with E-state index in [1.807, 2.05) is 0 Å². The minimum Gasteiger partial charge on any atom is -0.481 e. The fraction of sp³-hybridized carbons (Fsp3) is 0.222. The molecule has 88 valence electrons. The van der Waals surface area contributed by atoms with Crippen molar-refractivity contribution in [2.24, 2.45) is 0 Å². The Balaban J connectivity index is 3.09. The van der Waals surface area contributed by atoms with Gasteiger partial charge in [-0.1, -0.05) is 11.6 Å². The van der Waals surface area contributed by atoms with Crippen LogP contribution in [0.15, 0.2) is 18.2 Å². The summed E-state index contributed by atoms with van der Waals surface area (Å²) in [6, 6.07) is 3.96. The highest BCUT2D eigenvalue weighted by Gasteiger charge is 2.21. The molecular weight excluding hydrogens is 255 g/mol. The highest BCUT2D eigenvalue weighted by Crippen LogP contribution is 2.35. The van der Waals surface area contributed by atoms with Crippen molar-refractivity contribution in [3.05, 3.63) is 28.8 Å². The predicted molar refractivity (Wildman–Crippen MR) is 59.1 cm³/mol. The second-order valence-electron chi connectivity index (χ2n) is 3.21. The first kappa shape index (κ1) is 13.2. The van der Waals surface area contributed by atoms with Crippen molar-refractivity contribution in [3.8, 4) is 0 Å². The van der Waals surface area contributed by atoms with Gasteiger partial charge < -0.3 is 14.9 Å². The smallest absolute Gasteiger partial charge is 0.356 e. The second kappa shape index (κ2) is 4.97. The third kappa shape index (κ3) is 3.61. The normalized spacial score (nSPS) is 11.4. The van der Waals surface area contributed by atoms with E-state index in [1.165, 1.54) is 18.2 Å². The Bertz CT molecular complexity index is 453. The summed E-state index contributed by atoms with van der Waals surface area (Å²) in [5.41, 5.74) is 0.267. The average molecular weight is 265 g/mol. The lowest BCUT2D eigenvalue weighted by atomic mass is 10.1. The molecular formula is C9H10ClO5P. The van der Waals surface area contributed by atoms with Crippen LogP contribution in [0.5, 0.6) is 0 Å². The Morgan fingerprint density at radius 2 is 2.00 bits per heavy atom. The summed E-state index contributed by atoms with van der Waals surface area (Å²) in [5, 5.41) is 8.66. The first-order valence-electron chi connectivity index (χ1n) is 4.37. The monoisotopic (exact) mass is 264 g/mol. The maximum atomic E-state index is 11.1. The molecule has 0 unspecified atom stereocenters.